The summed E-state index contributed by atoms with van der Waals surface area (Å²) in [5.74, 6) is 1.90. The summed E-state index contributed by atoms with van der Waals surface area (Å²) in [5.41, 5.74) is 11.7. The first-order chi connectivity index (χ1) is 21.0. The Bertz CT molecular complexity index is 2200. The van der Waals surface area contributed by atoms with E-state index in [0.29, 0.717) is 0 Å². The molecular formula is C41H27ClO. The van der Waals surface area contributed by atoms with Gasteiger partial charge in [0.05, 0.1) is 5.41 Å². The van der Waals surface area contributed by atoms with Gasteiger partial charge in [0.2, 0.25) is 0 Å². The molecule has 1 nitrogen and oxygen atoms in total. The highest BCUT2D eigenvalue weighted by atomic mass is 35.5. The fourth-order valence-corrected chi connectivity index (χ4v) is 7.68. The summed E-state index contributed by atoms with van der Waals surface area (Å²) in [7, 11) is 0. The van der Waals surface area contributed by atoms with Crippen LogP contribution in [0.2, 0.25) is 5.02 Å². The van der Waals surface area contributed by atoms with Crippen LogP contribution in [-0.2, 0) is 5.41 Å². The van der Waals surface area contributed by atoms with Crippen molar-refractivity contribution in [2.75, 3.05) is 0 Å². The molecule has 0 unspecified atom stereocenters. The van der Waals surface area contributed by atoms with Gasteiger partial charge in [-0.2, -0.15) is 0 Å². The molecule has 0 saturated carbocycles. The van der Waals surface area contributed by atoms with Gasteiger partial charge < -0.3 is 4.74 Å². The average molecular weight is 571 g/mol. The summed E-state index contributed by atoms with van der Waals surface area (Å²) in [6.45, 7) is 4.31. The van der Waals surface area contributed by atoms with Crippen molar-refractivity contribution in [2.45, 2.75) is 19.3 Å². The second kappa shape index (κ2) is 8.83. The number of benzene rings is 7. The van der Waals surface area contributed by atoms with E-state index in [2.05, 4.69) is 129 Å². The van der Waals surface area contributed by atoms with Crippen molar-refractivity contribution in [1.29, 1.82) is 0 Å². The predicted octanol–water partition coefficient (Wildman–Crippen LogP) is 11.4. The zero-order chi connectivity index (χ0) is 28.9. The van der Waals surface area contributed by atoms with Crippen LogP contribution in [0.5, 0.6) is 11.5 Å². The molecule has 0 saturated heterocycles. The molecule has 1 aliphatic carbocycles. The number of ether oxygens (including phenoxy) is 1. The van der Waals surface area contributed by atoms with E-state index in [1.54, 1.807) is 0 Å². The molecular weight excluding hydrogens is 544 g/mol. The van der Waals surface area contributed by atoms with Crippen LogP contribution >= 0.6 is 11.6 Å². The molecule has 1 heterocycles. The fraction of sp³-hybridized carbons (Fsp3) is 0.0732. The minimum atomic E-state index is -0.525. The summed E-state index contributed by atoms with van der Waals surface area (Å²) in [6, 6.07) is 46.5. The van der Waals surface area contributed by atoms with Gasteiger partial charge in [0.25, 0.3) is 0 Å². The second-order valence-corrected chi connectivity index (χ2v) is 12.4. The Morgan fingerprint density at radius 1 is 0.488 bits per heavy atom. The molecule has 7 aromatic carbocycles. The highest BCUT2D eigenvalue weighted by molar-refractivity contribution is 6.30. The summed E-state index contributed by atoms with van der Waals surface area (Å²) in [5, 5.41) is 5.41. The highest BCUT2D eigenvalue weighted by Gasteiger charge is 2.51. The second-order valence-electron chi connectivity index (χ2n) is 12.0. The monoisotopic (exact) mass is 570 g/mol. The van der Waals surface area contributed by atoms with Gasteiger partial charge in [-0.1, -0.05) is 120 Å². The van der Waals surface area contributed by atoms with Crippen LogP contribution in [0, 0.1) is 13.8 Å². The van der Waals surface area contributed by atoms with Gasteiger partial charge in [-0.15, -0.1) is 0 Å². The van der Waals surface area contributed by atoms with Gasteiger partial charge in [-0.05, 0) is 88.3 Å². The van der Waals surface area contributed by atoms with Crippen molar-refractivity contribution in [3.63, 3.8) is 0 Å². The van der Waals surface area contributed by atoms with E-state index < -0.39 is 5.41 Å². The molecule has 1 spiro atoms. The lowest BCUT2D eigenvalue weighted by Gasteiger charge is -2.40. The SMILES string of the molecule is Cc1ccc2ccc3c(c2c1)Oc1c(ccc2ccc(C)cc12)C31c2ccccc2-c2cc(-c3ccc(Cl)cc3)ccc21. The Morgan fingerprint density at radius 3 is 1.67 bits per heavy atom. The van der Waals surface area contributed by atoms with Crippen LogP contribution in [0.15, 0.2) is 127 Å². The molecule has 2 aliphatic rings. The lowest BCUT2D eigenvalue weighted by atomic mass is 9.65. The standard InChI is InChI=1S/C41H27ClO/c1-24-7-9-27-13-19-37-39(32(27)21-24)43-40-33-22-25(2)8-10-28(33)14-20-38(40)41(37)35-6-4-3-5-31(35)34-23-29(15-18-36(34)41)26-11-16-30(42)17-12-26/h3-23H,1-2H3. The van der Waals surface area contributed by atoms with Crippen molar-refractivity contribution < 1.29 is 4.74 Å². The summed E-state index contributed by atoms with van der Waals surface area (Å²) in [4.78, 5) is 0. The average Bonchev–Trinajstić information content (AvgIpc) is 3.31. The number of halogens is 1. The first-order valence-electron chi connectivity index (χ1n) is 14.8. The minimum absolute atomic E-state index is 0.525. The summed E-state index contributed by atoms with van der Waals surface area (Å²) in [6.07, 6.45) is 0. The molecule has 0 atom stereocenters. The molecule has 7 aromatic rings. The summed E-state index contributed by atoms with van der Waals surface area (Å²) >= 11 is 6.24. The zero-order valence-corrected chi connectivity index (χ0v) is 24.7. The molecule has 9 rings (SSSR count). The van der Waals surface area contributed by atoms with Crippen molar-refractivity contribution in [1.82, 2.24) is 0 Å². The largest absolute Gasteiger partial charge is 0.455 e. The minimum Gasteiger partial charge on any atom is -0.455 e. The predicted molar refractivity (Wildman–Crippen MR) is 179 cm³/mol. The van der Waals surface area contributed by atoms with Crippen molar-refractivity contribution in [2.24, 2.45) is 0 Å². The Kier molecular flexibility index (Phi) is 5.08. The Morgan fingerprint density at radius 2 is 1.02 bits per heavy atom. The molecule has 0 bridgehead atoms. The van der Waals surface area contributed by atoms with Gasteiger partial charge in [0.15, 0.2) is 0 Å². The van der Waals surface area contributed by atoms with Gasteiger partial charge in [0.1, 0.15) is 11.5 Å². The molecule has 2 heteroatoms. The molecule has 1 aliphatic heterocycles. The smallest absolute Gasteiger partial charge is 0.140 e. The molecule has 0 amide bonds. The molecule has 204 valence electrons. The van der Waals surface area contributed by atoms with Gasteiger partial charge in [-0.25, -0.2) is 0 Å². The van der Waals surface area contributed by atoms with Crippen LogP contribution in [0.25, 0.3) is 43.8 Å². The Labute approximate surface area is 256 Å². The zero-order valence-electron chi connectivity index (χ0n) is 23.9. The molecule has 0 aromatic heterocycles. The fourth-order valence-electron chi connectivity index (χ4n) is 7.56. The van der Waals surface area contributed by atoms with E-state index in [1.807, 2.05) is 12.1 Å². The number of aryl methyl sites for hydroxylation is 2. The van der Waals surface area contributed by atoms with E-state index in [9.17, 15) is 0 Å². The van der Waals surface area contributed by atoms with Crippen LogP contribution < -0.4 is 4.74 Å². The number of fused-ring (bicyclic) bond motifs is 13. The van der Waals surface area contributed by atoms with Crippen LogP contribution in [0.3, 0.4) is 0 Å². The lowest BCUT2D eigenvalue weighted by Crippen LogP contribution is -2.32. The topological polar surface area (TPSA) is 9.23 Å². The quantitative estimate of drug-likeness (QED) is 0.191. The molecule has 0 fully saturated rings. The number of hydrogen-bond acceptors (Lipinski definition) is 1. The number of hydrogen-bond donors (Lipinski definition) is 0. The third-order valence-electron chi connectivity index (χ3n) is 9.49. The van der Waals surface area contributed by atoms with Gasteiger partial charge in [0, 0.05) is 26.9 Å². The lowest BCUT2D eigenvalue weighted by molar-refractivity contribution is 0.447. The maximum absolute atomic E-state index is 7.12. The molecule has 0 radical (unpaired) electrons. The van der Waals surface area contributed by atoms with Crippen LogP contribution in [-0.4, -0.2) is 0 Å². The first kappa shape index (κ1) is 24.7. The van der Waals surface area contributed by atoms with Crippen molar-refractivity contribution in [3.05, 3.63) is 166 Å². The Balaban J connectivity index is 1.44. The molecule has 43 heavy (non-hydrogen) atoms. The third-order valence-corrected chi connectivity index (χ3v) is 9.74. The van der Waals surface area contributed by atoms with E-state index >= 15 is 0 Å². The van der Waals surface area contributed by atoms with E-state index in [0.717, 1.165) is 32.9 Å². The molecule has 0 N–H and O–H groups in total. The van der Waals surface area contributed by atoms with Crippen molar-refractivity contribution >= 4 is 33.1 Å². The Hall–Kier alpha value is -4.85. The normalized spacial score (nSPS) is 13.8. The van der Waals surface area contributed by atoms with Gasteiger partial charge in [-0.3, -0.25) is 0 Å². The highest BCUT2D eigenvalue weighted by Crippen LogP contribution is 2.64. The van der Waals surface area contributed by atoms with Crippen LogP contribution in [0.4, 0.5) is 0 Å². The van der Waals surface area contributed by atoms with Crippen LogP contribution in [0.1, 0.15) is 33.4 Å². The van der Waals surface area contributed by atoms with Crippen molar-refractivity contribution in [3.8, 4) is 33.8 Å². The number of rotatable bonds is 1. The maximum Gasteiger partial charge on any atom is 0.140 e. The van der Waals surface area contributed by atoms with E-state index in [1.165, 1.54) is 60.8 Å². The summed E-state index contributed by atoms with van der Waals surface area (Å²) < 4.78 is 7.12. The third kappa shape index (κ3) is 3.34. The first-order valence-corrected chi connectivity index (χ1v) is 15.2. The van der Waals surface area contributed by atoms with E-state index in [4.69, 9.17) is 16.3 Å². The maximum atomic E-state index is 7.12. The van der Waals surface area contributed by atoms with Gasteiger partial charge >= 0.3 is 0 Å². The van der Waals surface area contributed by atoms with E-state index in [-0.39, 0.29) is 0 Å².